The highest BCUT2D eigenvalue weighted by Gasteiger charge is 2.61. The van der Waals surface area contributed by atoms with Crippen LogP contribution in [-0.4, -0.2) is 17.2 Å². The molecule has 4 nitrogen and oxygen atoms in total. The van der Waals surface area contributed by atoms with Crippen LogP contribution < -0.4 is 0 Å². The molecule has 5 aromatic carbocycles. The summed E-state index contributed by atoms with van der Waals surface area (Å²) in [5.41, 5.74) is 0.303. The number of rotatable bonds is 6. The number of benzene rings is 5. The molecule has 1 fully saturated rings. The quantitative estimate of drug-likeness (QED) is 0.190. The van der Waals surface area contributed by atoms with Gasteiger partial charge in [0.2, 0.25) is 17.2 Å². The Hall–Kier alpha value is -4.38. The van der Waals surface area contributed by atoms with E-state index in [4.69, 9.17) is 9.47 Å². The third-order valence-electron chi connectivity index (χ3n) is 6.85. The van der Waals surface area contributed by atoms with Crippen molar-refractivity contribution in [3.8, 4) is 0 Å². The van der Waals surface area contributed by atoms with Crippen molar-refractivity contribution in [2.75, 3.05) is 0 Å². The number of Topliss-reactive ketones (excluding diaryl/α,β-unsaturated/α-hetero) is 2. The van der Waals surface area contributed by atoms with E-state index >= 15 is 0 Å². The van der Waals surface area contributed by atoms with E-state index in [2.05, 4.69) is 0 Å². The summed E-state index contributed by atoms with van der Waals surface area (Å²) in [6.45, 7) is 0. The van der Waals surface area contributed by atoms with E-state index < -0.39 is 29.6 Å². The average molecular weight is 485 g/mol. The lowest BCUT2D eigenvalue weighted by atomic mass is 9.78. The van der Waals surface area contributed by atoms with E-state index in [1.807, 2.05) is 84.9 Å². The molecule has 0 aliphatic carbocycles. The van der Waals surface area contributed by atoms with Gasteiger partial charge in [-0.1, -0.05) is 133 Å². The van der Waals surface area contributed by atoms with Crippen LogP contribution in [0.2, 0.25) is 0 Å². The molecule has 0 saturated carbocycles. The van der Waals surface area contributed by atoms with Gasteiger partial charge in [0.25, 0.3) is 0 Å². The number of ether oxygens (including phenoxy) is 2. The number of hydrogen-bond donors (Lipinski definition) is 0. The van der Waals surface area contributed by atoms with Crippen LogP contribution in [0.15, 0.2) is 133 Å². The summed E-state index contributed by atoms with van der Waals surface area (Å²) in [4.78, 5) is 28.8. The summed E-state index contributed by atoms with van der Waals surface area (Å²) < 4.78 is 13.2. The number of carbonyl (C=O) groups is 2. The molecular formula is C33H24O4. The average Bonchev–Trinajstić information content (AvgIpc) is 3.39. The van der Waals surface area contributed by atoms with Crippen LogP contribution >= 0.6 is 0 Å². The largest absolute Gasteiger partial charge is 0.336 e. The molecule has 0 spiro atoms. The molecule has 2 atom stereocenters. The second-order valence-corrected chi connectivity index (χ2v) is 9.07. The molecule has 0 bridgehead atoms. The lowest BCUT2D eigenvalue weighted by Gasteiger charge is -2.30. The first-order valence-corrected chi connectivity index (χ1v) is 12.2. The first-order valence-electron chi connectivity index (χ1n) is 12.2. The van der Waals surface area contributed by atoms with E-state index in [1.165, 1.54) is 0 Å². The summed E-state index contributed by atoms with van der Waals surface area (Å²) in [7, 11) is 0. The normalized spacial score (nSPS) is 18.5. The molecule has 1 heterocycles. The van der Waals surface area contributed by atoms with Crippen molar-refractivity contribution in [3.05, 3.63) is 156 Å². The molecular weight excluding hydrogens is 460 g/mol. The zero-order valence-corrected chi connectivity index (χ0v) is 20.0. The van der Waals surface area contributed by atoms with Gasteiger partial charge in [-0.05, 0) is 16.3 Å². The van der Waals surface area contributed by atoms with Gasteiger partial charge in [0.05, 0.1) is 0 Å². The van der Waals surface area contributed by atoms with Gasteiger partial charge in [-0.3, -0.25) is 9.59 Å². The minimum atomic E-state index is -1.92. The van der Waals surface area contributed by atoms with Gasteiger partial charge in [0.15, 0.2) is 6.29 Å². The molecule has 4 heteroatoms. The van der Waals surface area contributed by atoms with Crippen molar-refractivity contribution in [3.63, 3.8) is 0 Å². The third kappa shape index (κ3) is 3.97. The lowest BCUT2D eigenvalue weighted by Crippen LogP contribution is -2.50. The predicted molar refractivity (Wildman–Crippen MR) is 142 cm³/mol. The number of ketones is 2. The molecule has 0 radical (unpaired) electrons. The van der Waals surface area contributed by atoms with Gasteiger partial charge in [0.1, 0.15) is 6.10 Å². The molecule has 37 heavy (non-hydrogen) atoms. The lowest BCUT2D eigenvalue weighted by molar-refractivity contribution is -0.0759. The highest BCUT2D eigenvalue weighted by Crippen LogP contribution is 2.50. The molecule has 0 amide bonds. The van der Waals surface area contributed by atoms with Crippen LogP contribution in [0, 0.1) is 0 Å². The maximum atomic E-state index is 14.4. The van der Waals surface area contributed by atoms with E-state index in [1.54, 1.807) is 48.5 Å². The first-order chi connectivity index (χ1) is 18.2. The Kier molecular flexibility index (Phi) is 5.97. The van der Waals surface area contributed by atoms with Crippen LogP contribution in [0.4, 0.5) is 0 Å². The summed E-state index contributed by atoms with van der Waals surface area (Å²) in [6, 6.07) is 40.8. The highest BCUT2D eigenvalue weighted by atomic mass is 16.7. The van der Waals surface area contributed by atoms with Crippen molar-refractivity contribution >= 4 is 22.3 Å². The molecule has 6 rings (SSSR count). The molecule has 1 aliphatic heterocycles. The standard InChI is InChI=1S/C33H24O4/c34-29(24-14-4-1-5-15-24)33(30(35)25-16-6-2-7-17-25)31(26-18-8-3-9-19-26)36-32(37-33)28-22-12-20-23-13-10-11-21-27(23)28/h1-22,31-32H/t31-,32-/m1/s1. The van der Waals surface area contributed by atoms with Crippen LogP contribution in [0.3, 0.4) is 0 Å². The van der Waals surface area contributed by atoms with Gasteiger partial charge >= 0.3 is 0 Å². The fourth-order valence-electron chi connectivity index (χ4n) is 5.07. The second kappa shape index (κ2) is 9.58. The number of hydrogen-bond acceptors (Lipinski definition) is 4. The van der Waals surface area contributed by atoms with Crippen molar-refractivity contribution in [2.24, 2.45) is 0 Å². The van der Waals surface area contributed by atoms with Gasteiger partial charge in [-0.25, -0.2) is 0 Å². The number of carbonyl (C=O) groups excluding carboxylic acids is 2. The molecule has 0 N–H and O–H groups in total. The fraction of sp³-hybridized carbons (Fsp3) is 0.0909. The molecule has 180 valence electrons. The zero-order chi connectivity index (χ0) is 25.2. The molecule has 1 saturated heterocycles. The minimum absolute atomic E-state index is 0.384. The van der Waals surface area contributed by atoms with E-state index in [0.29, 0.717) is 16.7 Å². The monoisotopic (exact) mass is 484 g/mol. The molecule has 5 aromatic rings. The van der Waals surface area contributed by atoms with Crippen molar-refractivity contribution in [1.82, 2.24) is 0 Å². The van der Waals surface area contributed by atoms with Crippen LogP contribution in [-0.2, 0) is 9.47 Å². The topological polar surface area (TPSA) is 52.6 Å². The summed E-state index contributed by atoms with van der Waals surface area (Å²) in [5, 5.41) is 1.96. The summed E-state index contributed by atoms with van der Waals surface area (Å²) in [6.07, 6.45) is -1.89. The first kappa shape index (κ1) is 23.0. The Morgan fingerprint density at radius 1 is 0.568 bits per heavy atom. The van der Waals surface area contributed by atoms with Crippen LogP contribution in [0.25, 0.3) is 10.8 Å². The van der Waals surface area contributed by atoms with Gasteiger partial charge in [-0.15, -0.1) is 0 Å². The Balaban J connectivity index is 1.58. The second-order valence-electron chi connectivity index (χ2n) is 9.07. The van der Waals surface area contributed by atoms with Gasteiger partial charge in [-0.2, -0.15) is 0 Å². The maximum absolute atomic E-state index is 14.4. The third-order valence-corrected chi connectivity index (χ3v) is 6.85. The Morgan fingerprint density at radius 2 is 1.08 bits per heavy atom. The van der Waals surface area contributed by atoms with Crippen molar-refractivity contribution in [2.45, 2.75) is 18.0 Å². The molecule has 1 aliphatic rings. The van der Waals surface area contributed by atoms with E-state index in [0.717, 1.165) is 16.3 Å². The maximum Gasteiger partial charge on any atom is 0.226 e. The Labute approximate surface area is 215 Å². The van der Waals surface area contributed by atoms with Gasteiger partial charge < -0.3 is 9.47 Å². The van der Waals surface area contributed by atoms with E-state index in [9.17, 15) is 9.59 Å². The van der Waals surface area contributed by atoms with Crippen LogP contribution in [0.5, 0.6) is 0 Å². The smallest absolute Gasteiger partial charge is 0.226 e. The minimum Gasteiger partial charge on any atom is -0.336 e. The molecule has 0 aromatic heterocycles. The number of fused-ring (bicyclic) bond motifs is 1. The molecule has 0 unspecified atom stereocenters. The highest BCUT2D eigenvalue weighted by molar-refractivity contribution is 6.23. The van der Waals surface area contributed by atoms with Crippen molar-refractivity contribution in [1.29, 1.82) is 0 Å². The van der Waals surface area contributed by atoms with Crippen molar-refractivity contribution < 1.29 is 19.1 Å². The van der Waals surface area contributed by atoms with Crippen LogP contribution in [0.1, 0.15) is 44.2 Å². The Bertz CT molecular complexity index is 1510. The summed E-state index contributed by atoms with van der Waals surface area (Å²) >= 11 is 0. The Morgan fingerprint density at radius 3 is 1.70 bits per heavy atom. The SMILES string of the molecule is O=C(c1ccccc1)C1(C(=O)c2ccccc2)O[C@H](c2cccc3ccccc23)O[C@@H]1c1ccccc1. The zero-order valence-electron chi connectivity index (χ0n) is 20.0. The predicted octanol–water partition coefficient (Wildman–Crippen LogP) is 7.13. The van der Waals surface area contributed by atoms with E-state index in [-0.39, 0.29) is 0 Å². The fourth-order valence-corrected chi connectivity index (χ4v) is 5.07. The summed E-state index contributed by atoms with van der Waals surface area (Å²) in [5.74, 6) is -0.864. The van der Waals surface area contributed by atoms with Gasteiger partial charge in [0, 0.05) is 16.7 Å².